The van der Waals surface area contributed by atoms with Gasteiger partial charge in [0.05, 0.1) is 6.26 Å². The number of rotatable bonds is 5. The molecule has 1 saturated heterocycles. The first-order valence-electron chi connectivity index (χ1n) is 9.02. The molecule has 1 N–H and O–H groups in total. The van der Waals surface area contributed by atoms with Crippen LogP contribution < -0.4 is 5.32 Å². The Kier molecular flexibility index (Phi) is 5.29. The highest BCUT2D eigenvalue weighted by Gasteiger charge is 2.31. The van der Waals surface area contributed by atoms with Gasteiger partial charge in [0, 0.05) is 31.4 Å². The maximum atomic E-state index is 13.9. The van der Waals surface area contributed by atoms with Crippen molar-refractivity contribution in [3.8, 4) is 11.5 Å². The second-order valence-electron chi connectivity index (χ2n) is 6.64. The van der Waals surface area contributed by atoms with Crippen molar-refractivity contribution in [2.75, 3.05) is 18.4 Å². The zero-order valence-electron chi connectivity index (χ0n) is 15.3. The smallest absolute Gasteiger partial charge is 0.245 e. The van der Waals surface area contributed by atoms with Crippen LogP contribution in [0.5, 0.6) is 0 Å². The fraction of sp³-hybridized carbons (Fsp3) is 0.263. The van der Waals surface area contributed by atoms with E-state index in [4.69, 9.17) is 4.42 Å². The van der Waals surface area contributed by atoms with Crippen LogP contribution in [-0.4, -0.2) is 41.8 Å². The van der Waals surface area contributed by atoms with E-state index in [1.54, 1.807) is 30.7 Å². The number of piperidine rings is 1. The van der Waals surface area contributed by atoms with Crippen LogP contribution in [0.1, 0.15) is 12.8 Å². The molecule has 1 aliphatic heterocycles. The molecule has 2 aromatic heterocycles. The number of furan rings is 1. The van der Waals surface area contributed by atoms with Gasteiger partial charge in [0.1, 0.15) is 22.2 Å². The van der Waals surface area contributed by atoms with Crippen molar-refractivity contribution in [2.24, 2.45) is 0 Å². The maximum absolute atomic E-state index is 13.9. The lowest BCUT2D eigenvalue weighted by molar-refractivity contribution is 0.327. The summed E-state index contributed by atoms with van der Waals surface area (Å²) in [5.74, 6) is -0.864. The zero-order valence-corrected chi connectivity index (χ0v) is 16.1. The van der Waals surface area contributed by atoms with Crippen LogP contribution in [-0.2, 0) is 10.0 Å². The molecule has 0 unspecified atom stereocenters. The number of halogens is 2. The number of nitrogens with one attached hydrogen (secondary N) is 1. The molecule has 0 radical (unpaired) electrons. The second kappa shape index (κ2) is 7.88. The minimum Gasteiger partial charge on any atom is -0.463 e. The molecule has 152 valence electrons. The number of sulfonamides is 1. The van der Waals surface area contributed by atoms with E-state index in [2.05, 4.69) is 15.3 Å². The molecule has 1 aliphatic rings. The predicted molar refractivity (Wildman–Crippen MR) is 101 cm³/mol. The van der Waals surface area contributed by atoms with E-state index in [1.807, 2.05) is 0 Å². The van der Waals surface area contributed by atoms with Gasteiger partial charge in [0.15, 0.2) is 5.76 Å². The second-order valence-corrected chi connectivity index (χ2v) is 8.55. The molecule has 1 fully saturated rings. The summed E-state index contributed by atoms with van der Waals surface area (Å²) in [4.78, 5) is 8.10. The molecular weight excluding hydrogens is 402 g/mol. The largest absolute Gasteiger partial charge is 0.463 e. The highest BCUT2D eigenvalue weighted by molar-refractivity contribution is 7.89. The molecule has 10 heteroatoms. The number of nitrogens with zero attached hydrogens (tertiary/aromatic N) is 3. The van der Waals surface area contributed by atoms with Gasteiger partial charge >= 0.3 is 0 Å². The Bertz CT molecular complexity index is 1100. The maximum Gasteiger partial charge on any atom is 0.245 e. The molecule has 7 nitrogen and oxygen atoms in total. The summed E-state index contributed by atoms with van der Waals surface area (Å²) in [6, 6.07) is 7.73. The Labute approximate surface area is 166 Å². The van der Waals surface area contributed by atoms with Crippen molar-refractivity contribution in [2.45, 2.75) is 23.8 Å². The van der Waals surface area contributed by atoms with Gasteiger partial charge < -0.3 is 9.73 Å². The molecule has 0 amide bonds. The van der Waals surface area contributed by atoms with Crippen molar-refractivity contribution < 1.29 is 21.6 Å². The van der Waals surface area contributed by atoms with E-state index in [1.165, 1.54) is 4.31 Å². The molecule has 0 saturated carbocycles. The Morgan fingerprint density at radius 1 is 1.14 bits per heavy atom. The van der Waals surface area contributed by atoms with Crippen molar-refractivity contribution in [1.29, 1.82) is 0 Å². The van der Waals surface area contributed by atoms with Crippen LogP contribution in [0.4, 0.5) is 14.7 Å². The first-order chi connectivity index (χ1) is 13.9. The van der Waals surface area contributed by atoms with E-state index >= 15 is 0 Å². The third kappa shape index (κ3) is 4.13. The standard InChI is InChI=1S/C19H18F2N4O3S/c20-13-3-4-18(15(21)12-13)29(26,27)25-9-6-14(7-10-25)23-19-22-8-5-16(24-19)17-2-1-11-28-17/h1-5,8,11-12,14H,6-7,9-10H2,(H,22,23,24). The summed E-state index contributed by atoms with van der Waals surface area (Å²) >= 11 is 0. The molecular formula is C19H18F2N4O3S. The molecule has 1 aromatic carbocycles. The Morgan fingerprint density at radius 3 is 2.62 bits per heavy atom. The van der Waals surface area contributed by atoms with Crippen LogP contribution in [0.2, 0.25) is 0 Å². The SMILES string of the molecule is O=S(=O)(c1ccc(F)cc1F)N1CCC(Nc2nccc(-c3ccco3)n2)CC1. The van der Waals surface area contributed by atoms with Crippen molar-refractivity contribution in [3.05, 3.63) is 60.5 Å². The lowest BCUT2D eigenvalue weighted by Crippen LogP contribution is -2.42. The van der Waals surface area contributed by atoms with Crippen LogP contribution in [0.3, 0.4) is 0 Å². The number of hydrogen-bond donors (Lipinski definition) is 1. The Morgan fingerprint density at radius 2 is 1.93 bits per heavy atom. The van der Waals surface area contributed by atoms with Gasteiger partial charge in [-0.05, 0) is 43.2 Å². The van der Waals surface area contributed by atoms with Gasteiger partial charge in [-0.3, -0.25) is 0 Å². The highest BCUT2D eigenvalue weighted by Crippen LogP contribution is 2.25. The first-order valence-corrected chi connectivity index (χ1v) is 10.5. The molecule has 0 bridgehead atoms. The summed E-state index contributed by atoms with van der Waals surface area (Å²) in [7, 11) is -4.02. The fourth-order valence-electron chi connectivity index (χ4n) is 3.24. The molecule has 3 aromatic rings. The average Bonchev–Trinajstić information content (AvgIpc) is 3.23. The van der Waals surface area contributed by atoms with Crippen LogP contribution >= 0.6 is 0 Å². The lowest BCUT2D eigenvalue weighted by atomic mass is 10.1. The van der Waals surface area contributed by atoms with Gasteiger partial charge in [0.25, 0.3) is 0 Å². The molecule has 3 heterocycles. The Balaban J connectivity index is 1.41. The fourth-order valence-corrected chi connectivity index (χ4v) is 4.75. The van der Waals surface area contributed by atoms with Gasteiger partial charge in [-0.2, -0.15) is 4.31 Å². The van der Waals surface area contributed by atoms with E-state index in [0.29, 0.717) is 36.3 Å². The van der Waals surface area contributed by atoms with Crippen LogP contribution in [0.25, 0.3) is 11.5 Å². The zero-order chi connectivity index (χ0) is 20.4. The Hall–Kier alpha value is -2.85. The van der Waals surface area contributed by atoms with Crippen LogP contribution in [0.15, 0.2) is 58.2 Å². The van der Waals surface area contributed by atoms with E-state index in [0.717, 1.165) is 12.1 Å². The van der Waals surface area contributed by atoms with Crippen molar-refractivity contribution in [1.82, 2.24) is 14.3 Å². The molecule has 0 atom stereocenters. The lowest BCUT2D eigenvalue weighted by Gasteiger charge is -2.31. The topological polar surface area (TPSA) is 88.3 Å². The van der Waals surface area contributed by atoms with Gasteiger partial charge in [-0.1, -0.05) is 0 Å². The molecule has 0 aliphatic carbocycles. The van der Waals surface area contributed by atoms with Crippen molar-refractivity contribution in [3.63, 3.8) is 0 Å². The minimum atomic E-state index is -4.02. The van der Waals surface area contributed by atoms with Gasteiger partial charge in [-0.15, -0.1) is 0 Å². The predicted octanol–water partition coefficient (Wildman–Crippen LogP) is 3.28. The van der Waals surface area contributed by atoms with E-state index < -0.39 is 26.6 Å². The summed E-state index contributed by atoms with van der Waals surface area (Å²) in [5, 5.41) is 3.20. The first kappa shape index (κ1) is 19.5. The van der Waals surface area contributed by atoms with Crippen molar-refractivity contribution >= 4 is 16.0 Å². The summed E-state index contributed by atoms with van der Waals surface area (Å²) in [6.45, 7) is 0.406. The van der Waals surface area contributed by atoms with E-state index in [9.17, 15) is 17.2 Å². The normalized spacial score (nSPS) is 16.1. The third-order valence-corrected chi connectivity index (χ3v) is 6.66. The number of anilines is 1. The highest BCUT2D eigenvalue weighted by atomic mass is 32.2. The molecule has 0 spiro atoms. The number of aromatic nitrogens is 2. The number of hydrogen-bond acceptors (Lipinski definition) is 6. The number of benzene rings is 1. The minimum absolute atomic E-state index is 0.0358. The van der Waals surface area contributed by atoms with Gasteiger partial charge in [0.2, 0.25) is 16.0 Å². The summed E-state index contributed by atoms with van der Waals surface area (Å²) in [5.41, 5.74) is 0.638. The van der Waals surface area contributed by atoms with Crippen LogP contribution in [0, 0.1) is 11.6 Å². The van der Waals surface area contributed by atoms with E-state index in [-0.39, 0.29) is 19.1 Å². The molecule has 29 heavy (non-hydrogen) atoms. The summed E-state index contributed by atoms with van der Waals surface area (Å²) in [6.07, 6.45) is 4.17. The molecule has 4 rings (SSSR count). The average molecular weight is 420 g/mol. The monoisotopic (exact) mass is 420 g/mol. The quantitative estimate of drug-likeness (QED) is 0.682. The third-order valence-electron chi connectivity index (χ3n) is 4.73. The summed E-state index contributed by atoms with van der Waals surface area (Å²) < 4.78 is 58.9. The van der Waals surface area contributed by atoms with Gasteiger partial charge in [-0.25, -0.2) is 27.2 Å².